The Bertz CT molecular complexity index is 913. The van der Waals surface area contributed by atoms with E-state index < -0.39 is 0 Å². The lowest BCUT2D eigenvalue weighted by atomic mass is 10.1. The zero-order valence-corrected chi connectivity index (χ0v) is 14.3. The standard InChI is InChI=1S/C17H15IN2O/c1-10-4-7-16(11(2)8-10)20-12(3)19-15-6-5-13(18)9-14(15)17(20)21/h4-9H,1-3H3. The molecule has 21 heavy (non-hydrogen) atoms. The molecule has 1 aromatic heterocycles. The predicted molar refractivity (Wildman–Crippen MR) is 94.3 cm³/mol. The van der Waals surface area contributed by atoms with Crippen molar-refractivity contribution in [3.63, 3.8) is 0 Å². The third-order valence-electron chi connectivity index (χ3n) is 3.59. The fraction of sp³-hybridized carbons (Fsp3) is 0.176. The van der Waals surface area contributed by atoms with Crippen molar-refractivity contribution in [2.75, 3.05) is 0 Å². The van der Waals surface area contributed by atoms with Crippen LogP contribution in [0, 0.1) is 24.3 Å². The van der Waals surface area contributed by atoms with Gasteiger partial charge >= 0.3 is 0 Å². The van der Waals surface area contributed by atoms with Crippen LogP contribution < -0.4 is 5.56 Å². The molecule has 3 nitrogen and oxygen atoms in total. The minimum absolute atomic E-state index is 0.0111. The van der Waals surface area contributed by atoms with Gasteiger partial charge in [0.25, 0.3) is 5.56 Å². The number of fused-ring (bicyclic) bond motifs is 1. The second-order valence-corrected chi connectivity index (χ2v) is 6.50. The summed E-state index contributed by atoms with van der Waals surface area (Å²) in [5.41, 5.74) is 3.90. The Morgan fingerprint density at radius 2 is 1.81 bits per heavy atom. The van der Waals surface area contributed by atoms with Crippen molar-refractivity contribution < 1.29 is 0 Å². The van der Waals surface area contributed by atoms with E-state index >= 15 is 0 Å². The van der Waals surface area contributed by atoms with E-state index in [4.69, 9.17) is 0 Å². The summed E-state index contributed by atoms with van der Waals surface area (Å²) >= 11 is 2.21. The molecular weight excluding hydrogens is 375 g/mol. The predicted octanol–water partition coefficient (Wildman–Crippen LogP) is 3.92. The van der Waals surface area contributed by atoms with Gasteiger partial charge in [-0.2, -0.15) is 0 Å². The highest BCUT2D eigenvalue weighted by Gasteiger charge is 2.11. The number of halogens is 1. The molecule has 0 unspecified atom stereocenters. The van der Waals surface area contributed by atoms with Gasteiger partial charge < -0.3 is 0 Å². The fourth-order valence-corrected chi connectivity index (χ4v) is 3.10. The van der Waals surface area contributed by atoms with Gasteiger partial charge in [0, 0.05) is 3.57 Å². The lowest BCUT2D eigenvalue weighted by Crippen LogP contribution is -2.23. The summed E-state index contributed by atoms with van der Waals surface area (Å²) < 4.78 is 2.74. The number of rotatable bonds is 1. The minimum Gasteiger partial charge on any atom is -0.268 e. The van der Waals surface area contributed by atoms with Gasteiger partial charge in [-0.15, -0.1) is 0 Å². The summed E-state index contributed by atoms with van der Waals surface area (Å²) in [7, 11) is 0. The van der Waals surface area contributed by atoms with Gasteiger partial charge in [0.2, 0.25) is 0 Å². The Labute approximate surface area is 136 Å². The lowest BCUT2D eigenvalue weighted by molar-refractivity contribution is 0.887. The molecule has 0 aliphatic heterocycles. The zero-order chi connectivity index (χ0) is 15.1. The molecule has 3 rings (SSSR count). The van der Waals surface area contributed by atoms with Crippen molar-refractivity contribution >= 4 is 33.5 Å². The monoisotopic (exact) mass is 390 g/mol. The molecule has 4 heteroatoms. The molecule has 0 radical (unpaired) electrons. The first-order valence-corrected chi connectivity index (χ1v) is 7.82. The van der Waals surface area contributed by atoms with E-state index in [1.807, 2.05) is 51.1 Å². The Kier molecular flexibility index (Phi) is 3.57. The largest absolute Gasteiger partial charge is 0.268 e. The van der Waals surface area contributed by atoms with Crippen molar-refractivity contribution in [1.29, 1.82) is 0 Å². The highest BCUT2D eigenvalue weighted by Crippen LogP contribution is 2.18. The molecule has 3 aromatic rings. The van der Waals surface area contributed by atoms with Crippen LogP contribution in [0.4, 0.5) is 0 Å². The molecule has 0 aliphatic carbocycles. The average molecular weight is 390 g/mol. The average Bonchev–Trinajstić information content (AvgIpc) is 2.42. The number of hydrogen-bond acceptors (Lipinski definition) is 2. The van der Waals surface area contributed by atoms with Gasteiger partial charge in [-0.25, -0.2) is 4.98 Å². The third kappa shape index (κ3) is 2.48. The van der Waals surface area contributed by atoms with Gasteiger partial charge in [0.1, 0.15) is 5.82 Å². The van der Waals surface area contributed by atoms with Crippen LogP contribution in [0.2, 0.25) is 0 Å². The maximum Gasteiger partial charge on any atom is 0.266 e. The van der Waals surface area contributed by atoms with Crippen molar-refractivity contribution in [1.82, 2.24) is 9.55 Å². The minimum atomic E-state index is -0.0111. The quantitative estimate of drug-likeness (QED) is 0.591. The van der Waals surface area contributed by atoms with Gasteiger partial charge in [-0.05, 0) is 73.2 Å². The van der Waals surface area contributed by atoms with E-state index in [1.165, 1.54) is 5.56 Å². The maximum atomic E-state index is 12.9. The Morgan fingerprint density at radius 3 is 2.52 bits per heavy atom. The van der Waals surface area contributed by atoms with Crippen molar-refractivity contribution in [3.05, 3.63) is 67.3 Å². The Balaban J connectivity index is 2.40. The Morgan fingerprint density at radius 1 is 1.05 bits per heavy atom. The maximum absolute atomic E-state index is 12.9. The van der Waals surface area contributed by atoms with Crippen LogP contribution in [0.25, 0.3) is 16.6 Å². The molecule has 0 saturated heterocycles. The molecule has 0 amide bonds. The summed E-state index contributed by atoms with van der Waals surface area (Å²) in [5, 5.41) is 0.660. The van der Waals surface area contributed by atoms with E-state index in [-0.39, 0.29) is 5.56 Å². The van der Waals surface area contributed by atoms with Gasteiger partial charge in [0.15, 0.2) is 0 Å². The van der Waals surface area contributed by atoms with Gasteiger partial charge in [0.05, 0.1) is 16.6 Å². The molecule has 2 aromatic carbocycles. The van der Waals surface area contributed by atoms with Gasteiger partial charge in [-0.3, -0.25) is 9.36 Å². The number of aromatic nitrogens is 2. The zero-order valence-electron chi connectivity index (χ0n) is 12.1. The summed E-state index contributed by atoms with van der Waals surface area (Å²) in [6.07, 6.45) is 0. The molecule has 0 atom stereocenters. The molecule has 0 bridgehead atoms. The van der Waals surface area contributed by atoms with Crippen LogP contribution in [-0.4, -0.2) is 9.55 Å². The fourth-order valence-electron chi connectivity index (χ4n) is 2.61. The summed E-state index contributed by atoms with van der Waals surface area (Å²) in [6, 6.07) is 11.9. The van der Waals surface area contributed by atoms with Crippen molar-refractivity contribution in [2.45, 2.75) is 20.8 Å². The van der Waals surface area contributed by atoms with Gasteiger partial charge in [-0.1, -0.05) is 17.7 Å². The molecule has 0 N–H and O–H groups in total. The smallest absolute Gasteiger partial charge is 0.266 e. The summed E-state index contributed by atoms with van der Waals surface area (Å²) in [4.78, 5) is 17.4. The van der Waals surface area contributed by atoms with Crippen LogP contribution in [-0.2, 0) is 0 Å². The first-order chi connectivity index (χ1) is 9.97. The van der Waals surface area contributed by atoms with Crippen LogP contribution in [0.1, 0.15) is 17.0 Å². The molecule has 0 fully saturated rings. The van der Waals surface area contributed by atoms with E-state index in [1.54, 1.807) is 4.57 Å². The normalized spacial score (nSPS) is 11.0. The highest BCUT2D eigenvalue weighted by molar-refractivity contribution is 14.1. The van der Waals surface area contributed by atoms with E-state index in [0.717, 1.165) is 20.3 Å². The molecule has 106 valence electrons. The van der Waals surface area contributed by atoms with Crippen molar-refractivity contribution in [3.8, 4) is 5.69 Å². The summed E-state index contributed by atoms with van der Waals surface area (Å²) in [6.45, 7) is 5.94. The second kappa shape index (κ2) is 5.26. The Hall–Kier alpha value is -1.69. The number of nitrogens with zero attached hydrogens (tertiary/aromatic N) is 2. The molecular formula is C17H15IN2O. The number of aryl methyl sites for hydroxylation is 3. The summed E-state index contributed by atoms with van der Waals surface area (Å²) in [5.74, 6) is 0.709. The van der Waals surface area contributed by atoms with Crippen molar-refractivity contribution in [2.24, 2.45) is 0 Å². The molecule has 0 spiro atoms. The van der Waals surface area contributed by atoms with Crippen LogP contribution in [0.5, 0.6) is 0 Å². The first-order valence-electron chi connectivity index (χ1n) is 6.74. The van der Waals surface area contributed by atoms with E-state index in [2.05, 4.69) is 33.6 Å². The van der Waals surface area contributed by atoms with Crippen LogP contribution >= 0.6 is 22.6 Å². The van der Waals surface area contributed by atoms with E-state index in [9.17, 15) is 4.79 Å². The third-order valence-corrected chi connectivity index (χ3v) is 4.26. The number of benzene rings is 2. The first kappa shape index (κ1) is 14.3. The highest BCUT2D eigenvalue weighted by atomic mass is 127. The molecule has 0 aliphatic rings. The molecule has 1 heterocycles. The lowest BCUT2D eigenvalue weighted by Gasteiger charge is -2.14. The van der Waals surface area contributed by atoms with E-state index in [0.29, 0.717) is 11.2 Å². The molecule has 0 saturated carbocycles. The topological polar surface area (TPSA) is 34.9 Å². The van der Waals surface area contributed by atoms with Crippen LogP contribution in [0.3, 0.4) is 0 Å². The SMILES string of the molecule is Cc1ccc(-n2c(C)nc3ccc(I)cc3c2=O)c(C)c1. The number of hydrogen-bond donors (Lipinski definition) is 0. The van der Waals surface area contributed by atoms with Crippen LogP contribution in [0.15, 0.2) is 41.2 Å². The second-order valence-electron chi connectivity index (χ2n) is 5.25.